The van der Waals surface area contributed by atoms with Crippen molar-refractivity contribution in [3.63, 3.8) is 0 Å². The summed E-state index contributed by atoms with van der Waals surface area (Å²) in [6.07, 6.45) is 0. The summed E-state index contributed by atoms with van der Waals surface area (Å²) < 4.78 is 1.59. The highest BCUT2D eigenvalue weighted by Gasteiger charge is 2.12. The van der Waals surface area contributed by atoms with Gasteiger partial charge in [0.1, 0.15) is 0 Å². The van der Waals surface area contributed by atoms with Crippen LogP contribution in [0.25, 0.3) is 17.1 Å². The Kier molecular flexibility index (Phi) is 3.09. The van der Waals surface area contributed by atoms with Gasteiger partial charge < -0.3 is 5.73 Å². The van der Waals surface area contributed by atoms with E-state index in [1.165, 1.54) is 0 Å². The second kappa shape index (κ2) is 5.06. The SMILES string of the molecule is Cc1ccc(-c2nnnn2-c2cccc(C#N)c2)cc1N. The van der Waals surface area contributed by atoms with Crippen molar-refractivity contribution >= 4 is 5.69 Å². The second-order valence-electron chi connectivity index (χ2n) is 4.65. The lowest BCUT2D eigenvalue weighted by molar-refractivity contribution is 0.791. The van der Waals surface area contributed by atoms with E-state index in [4.69, 9.17) is 11.0 Å². The maximum atomic E-state index is 8.99. The third-order valence-electron chi connectivity index (χ3n) is 3.23. The van der Waals surface area contributed by atoms with Gasteiger partial charge in [0, 0.05) is 11.3 Å². The van der Waals surface area contributed by atoms with Gasteiger partial charge in [-0.25, -0.2) is 0 Å². The predicted molar refractivity (Wildman–Crippen MR) is 78.5 cm³/mol. The molecule has 0 fully saturated rings. The molecule has 6 nitrogen and oxygen atoms in total. The van der Waals surface area contributed by atoms with Crippen molar-refractivity contribution in [1.29, 1.82) is 5.26 Å². The van der Waals surface area contributed by atoms with Gasteiger partial charge in [0.15, 0.2) is 5.82 Å². The van der Waals surface area contributed by atoms with Gasteiger partial charge in [-0.05, 0) is 47.2 Å². The minimum Gasteiger partial charge on any atom is -0.398 e. The van der Waals surface area contributed by atoms with E-state index in [9.17, 15) is 0 Å². The van der Waals surface area contributed by atoms with Gasteiger partial charge in [-0.2, -0.15) is 9.94 Å². The summed E-state index contributed by atoms with van der Waals surface area (Å²) in [5.74, 6) is 0.580. The third-order valence-corrected chi connectivity index (χ3v) is 3.23. The zero-order valence-electron chi connectivity index (χ0n) is 11.4. The minimum absolute atomic E-state index is 0.553. The topological polar surface area (TPSA) is 93.4 Å². The maximum Gasteiger partial charge on any atom is 0.187 e. The molecule has 0 unspecified atom stereocenters. The van der Waals surface area contributed by atoms with Crippen LogP contribution in [0.15, 0.2) is 42.5 Å². The molecule has 102 valence electrons. The van der Waals surface area contributed by atoms with E-state index in [1.807, 2.05) is 31.2 Å². The smallest absolute Gasteiger partial charge is 0.187 e. The molecule has 0 spiro atoms. The Bertz CT molecular complexity index is 843. The van der Waals surface area contributed by atoms with Crippen molar-refractivity contribution in [2.45, 2.75) is 6.92 Å². The molecule has 3 rings (SSSR count). The van der Waals surface area contributed by atoms with Crippen molar-refractivity contribution in [2.24, 2.45) is 0 Å². The zero-order valence-corrected chi connectivity index (χ0v) is 11.4. The molecule has 6 heteroatoms. The number of hydrogen-bond donors (Lipinski definition) is 1. The molecule has 0 amide bonds. The molecular weight excluding hydrogens is 264 g/mol. The predicted octanol–water partition coefficient (Wildman–Crippen LogP) is 2.09. The number of tetrazole rings is 1. The van der Waals surface area contributed by atoms with E-state index in [0.29, 0.717) is 17.1 Å². The molecule has 1 aromatic heterocycles. The summed E-state index contributed by atoms with van der Waals surface area (Å²) in [7, 11) is 0. The molecular formula is C15H12N6. The number of aryl methyl sites for hydroxylation is 1. The molecule has 1 heterocycles. The van der Waals surface area contributed by atoms with Crippen LogP contribution in [0, 0.1) is 18.3 Å². The molecule has 0 aliphatic rings. The lowest BCUT2D eigenvalue weighted by Crippen LogP contribution is -2.01. The molecule has 3 aromatic rings. The van der Waals surface area contributed by atoms with Gasteiger partial charge in [0.2, 0.25) is 0 Å². The van der Waals surface area contributed by atoms with Gasteiger partial charge in [-0.15, -0.1) is 5.10 Å². The summed E-state index contributed by atoms with van der Waals surface area (Å²) in [6.45, 7) is 1.94. The fourth-order valence-corrected chi connectivity index (χ4v) is 2.03. The third kappa shape index (κ3) is 2.32. The van der Waals surface area contributed by atoms with Crippen molar-refractivity contribution in [3.8, 4) is 23.1 Å². The molecule has 0 saturated heterocycles. The standard InChI is InChI=1S/C15H12N6/c1-10-5-6-12(8-14(10)17)15-18-19-20-21(15)13-4-2-3-11(7-13)9-16/h2-8H,17H2,1H3. The van der Waals surface area contributed by atoms with Gasteiger partial charge in [-0.1, -0.05) is 18.2 Å². The summed E-state index contributed by atoms with van der Waals surface area (Å²) in [6, 6.07) is 14.9. The van der Waals surface area contributed by atoms with Crippen LogP contribution in [-0.2, 0) is 0 Å². The fourth-order valence-electron chi connectivity index (χ4n) is 2.03. The van der Waals surface area contributed by atoms with Gasteiger partial charge in [-0.3, -0.25) is 0 Å². The Morgan fingerprint density at radius 3 is 2.81 bits per heavy atom. The summed E-state index contributed by atoms with van der Waals surface area (Å²) >= 11 is 0. The van der Waals surface area contributed by atoms with E-state index in [2.05, 4.69) is 21.6 Å². The fraction of sp³-hybridized carbons (Fsp3) is 0.0667. The highest BCUT2D eigenvalue weighted by molar-refractivity contribution is 5.64. The van der Waals surface area contributed by atoms with Gasteiger partial charge in [0.05, 0.1) is 17.3 Å². The zero-order chi connectivity index (χ0) is 14.8. The van der Waals surface area contributed by atoms with Crippen molar-refractivity contribution in [3.05, 3.63) is 53.6 Å². The monoisotopic (exact) mass is 276 g/mol. The lowest BCUT2D eigenvalue weighted by atomic mass is 10.1. The number of nitrogens with zero attached hydrogens (tertiary/aromatic N) is 5. The van der Waals surface area contributed by atoms with E-state index in [1.54, 1.807) is 22.9 Å². The Labute approximate surface area is 121 Å². The molecule has 0 saturated carbocycles. The minimum atomic E-state index is 0.553. The molecule has 0 radical (unpaired) electrons. The van der Waals surface area contributed by atoms with Crippen LogP contribution < -0.4 is 5.73 Å². The highest BCUT2D eigenvalue weighted by Crippen LogP contribution is 2.23. The number of hydrogen-bond acceptors (Lipinski definition) is 5. The number of benzene rings is 2. The van der Waals surface area contributed by atoms with Crippen molar-refractivity contribution in [1.82, 2.24) is 20.2 Å². The number of aromatic nitrogens is 4. The van der Waals surface area contributed by atoms with Crippen molar-refractivity contribution in [2.75, 3.05) is 5.73 Å². The Hall–Kier alpha value is -3.20. The normalized spacial score (nSPS) is 10.3. The van der Waals surface area contributed by atoms with Crippen LogP contribution in [-0.4, -0.2) is 20.2 Å². The van der Waals surface area contributed by atoms with Crippen LogP contribution in [0.4, 0.5) is 5.69 Å². The van der Waals surface area contributed by atoms with Crippen LogP contribution in [0.2, 0.25) is 0 Å². The van der Waals surface area contributed by atoms with Gasteiger partial charge in [0.25, 0.3) is 0 Å². The molecule has 0 aliphatic heterocycles. The highest BCUT2D eigenvalue weighted by atomic mass is 15.5. The summed E-state index contributed by atoms with van der Waals surface area (Å²) in [4.78, 5) is 0. The van der Waals surface area contributed by atoms with E-state index < -0.39 is 0 Å². The molecule has 21 heavy (non-hydrogen) atoms. The molecule has 2 aromatic carbocycles. The summed E-state index contributed by atoms with van der Waals surface area (Å²) in [5, 5.41) is 20.8. The van der Waals surface area contributed by atoms with Crippen molar-refractivity contribution < 1.29 is 0 Å². The van der Waals surface area contributed by atoms with Gasteiger partial charge >= 0.3 is 0 Å². The summed E-state index contributed by atoms with van der Waals surface area (Å²) in [5.41, 5.74) is 9.74. The molecule has 2 N–H and O–H groups in total. The van der Waals surface area contributed by atoms with Crippen LogP contribution >= 0.6 is 0 Å². The quantitative estimate of drug-likeness (QED) is 0.723. The maximum absolute atomic E-state index is 8.99. The first kappa shape index (κ1) is 12.8. The Balaban J connectivity index is 2.12. The Morgan fingerprint density at radius 1 is 1.19 bits per heavy atom. The first-order valence-corrected chi connectivity index (χ1v) is 6.34. The lowest BCUT2D eigenvalue weighted by Gasteiger charge is -2.06. The Morgan fingerprint density at radius 2 is 2.05 bits per heavy atom. The number of rotatable bonds is 2. The average Bonchev–Trinajstić information content (AvgIpc) is 2.99. The number of nitriles is 1. The first-order chi connectivity index (χ1) is 10.2. The first-order valence-electron chi connectivity index (χ1n) is 6.34. The second-order valence-corrected chi connectivity index (χ2v) is 4.65. The largest absolute Gasteiger partial charge is 0.398 e. The van der Waals surface area contributed by atoms with E-state index in [0.717, 1.165) is 16.8 Å². The molecule has 0 aliphatic carbocycles. The van der Waals surface area contributed by atoms with Crippen LogP contribution in [0.1, 0.15) is 11.1 Å². The van der Waals surface area contributed by atoms with Crippen LogP contribution in [0.3, 0.4) is 0 Å². The number of anilines is 1. The number of nitrogen functional groups attached to an aromatic ring is 1. The molecule has 0 atom stereocenters. The van der Waals surface area contributed by atoms with E-state index in [-0.39, 0.29) is 0 Å². The van der Waals surface area contributed by atoms with E-state index >= 15 is 0 Å². The number of nitrogens with two attached hydrogens (primary N) is 1. The average molecular weight is 276 g/mol. The van der Waals surface area contributed by atoms with Crippen LogP contribution in [0.5, 0.6) is 0 Å². The molecule has 0 bridgehead atoms.